The topological polar surface area (TPSA) is 17.8 Å². The first-order valence-corrected chi connectivity index (χ1v) is 9.37. The lowest BCUT2D eigenvalue weighted by Crippen LogP contribution is -2.09. The minimum Gasteiger partial charge on any atom is -0.331 e. The van der Waals surface area contributed by atoms with Crippen molar-refractivity contribution in [3.63, 3.8) is 0 Å². The molecule has 0 bridgehead atoms. The molecule has 0 aliphatic rings. The van der Waals surface area contributed by atoms with E-state index in [1.807, 2.05) is 12.1 Å². The number of nitrogens with zero attached hydrogens (tertiary/aromatic N) is 2. The van der Waals surface area contributed by atoms with Crippen LogP contribution in [0, 0.1) is 0 Å². The van der Waals surface area contributed by atoms with Gasteiger partial charge in [-0.25, -0.2) is 4.98 Å². The predicted molar refractivity (Wildman–Crippen MR) is 101 cm³/mol. The molecule has 0 aliphatic heterocycles. The maximum atomic E-state index is 6.52. The second-order valence-electron chi connectivity index (χ2n) is 5.95. The van der Waals surface area contributed by atoms with E-state index in [-0.39, 0.29) is 0 Å². The van der Waals surface area contributed by atoms with Crippen LogP contribution < -0.4 is 0 Å². The Balaban J connectivity index is 2.58. The van der Waals surface area contributed by atoms with E-state index in [1.165, 1.54) is 5.56 Å². The van der Waals surface area contributed by atoms with E-state index in [9.17, 15) is 0 Å². The second kappa shape index (κ2) is 8.21. The van der Waals surface area contributed by atoms with Crippen LogP contribution in [0.3, 0.4) is 0 Å². The molecule has 0 radical (unpaired) electrons. The van der Waals surface area contributed by atoms with Crippen molar-refractivity contribution in [1.29, 1.82) is 0 Å². The summed E-state index contributed by atoms with van der Waals surface area (Å²) in [6, 6.07) is 4.33. The van der Waals surface area contributed by atoms with Crippen molar-refractivity contribution in [2.24, 2.45) is 0 Å². The van der Waals surface area contributed by atoms with Gasteiger partial charge in [0.05, 0.1) is 10.7 Å². The number of benzene rings is 1. The fourth-order valence-corrected chi connectivity index (χ4v) is 3.82. The molecule has 2 rings (SSSR count). The lowest BCUT2D eigenvalue weighted by atomic mass is 10.0. The molecule has 4 heteroatoms. The normalized spacial score (nSPS) is 11.4. The van der Waals surface area contributed by atoms with Crippen LogP contribution in [0.4, 0.5) is 0 Å². The molecule has 1 aromatic heterocycles. The van der Waals surface area contributed by atoms with Gasteiger partial charge in [0.1, 0.15) is 5.82 Å². The number of aromatic nitrogens is 2. The van der Waals surface area contributed by atoms with Gasteiger partial charge in [-0.3, -0.25) is 0 Å². The molecule has 2 nitrogen and oxygen atoms in total. The second-order valence-corrected chi connectivity index (χ2v) is 6.79. The van der Waals surface area contributed by atoms with E-state index < -0.39 is 0 Å². The van der Waals surface area contributed by atoms with E-state index >= 15 is 0 Å². The summed E-state index contributed by atoms with van der Waals surface area (Å²) < 4.78 is 2.33. The number of halogens is 2. The highest BCUT2D eigenvalue weighted by molar-refractivity contribution is 6.36. The summed E-state index contributed by atoms with van der Waals surface area (Å²) in [5.41, 5.74) is 3.19. The van der Waals surface area contributed by atoms with Gasteiger partial charge in [0.15, 0.2) is 0 Å². The molecule has 0 fully saturated rings. The third-order valence-corrected chi connectivity index (χ3v) is 4.89. The van der Waals surface area contributed by atoms with Crippen molar-refractivity contribution >= 4 is 23.2 Å². The first-order chi connectivity index (χ1) is 11.0. The molecule has 0 spiro atoms. The summed E-state index contributed by atoms with van der Waals surface area (Å²) in [5.74, 6) is 1.13. The molecular formula is C19H26Cl2N2. The first kappa shape index (κ1) is 18.4. The van der Waals surface area contributed by atoms with Crippen LogP contribution in [0.5, 0.6) is 0 Å². The Hall–Kier alpha value is -0.990. The largest absolute Gasteiger partial charge is 0.331 e. The van der Waals surface area contributed by atoms with Gasteiger partial charge < -0.3 is 4.57 Å². The molecule has 0 saturated heterocycles. The molecule has 1 aromatic carbocycles. The molecule has 0 amide bonds. The van der Waals surface area contributed by atoms with Crippen LogP contribution >= 0.6 is 23.2 Å². The van der Waals surface area contributed by atoms with Crippen LogP contribution in [0.1, 0.15) is 64.4 Å². The van der Waals surface area contributed by atoms with Crippen LogP contribution in [-0.4, -0.2) is 9.55 Å². The van der Waals surface area contributed by atoms with Crippen molar-refractivity contribution in [2.75, 3.05) is 0 Å². The maximum Gasteiger partial charge on any atom is 0.109 e. The zero-order chi connectivity index (χ0) is 17.0. The van der Waals surface area contributed by atoms with Gasteiger partial charge in [-0.05, 0) is 37.0 Å². The Morgan fingerprint density at radius 2 is 1.78 bits per heavy atom. The maximum absolute atomic E-state index is 6.52. The molecule has 0 atom stereocenters. The van der Waals surface area contributed by atoms with Gasteiger partial charge >= 0.3 is 0 Å². The number of rotatable bonds is 7. The Morgan fingerprint density at radius 1 is 1.09 bits per heavy atom. The van der Waals surface area contributed by atoms with Gasteiger partial charge in [-0.2, -0.15) is 0 Å². The summed E-state index contributed by atoms with van der Waals surface area (Å²) in [5, 5.41) is 1.38. The summed E-state index contributed by atoms with van der Waals surface area (Å²) >= 11 is 12.7. The van der Waals surface area contributed by atoms with Gasteiger partial charge in [-0.15, -0.1) is 0 Å². The smallest absolute Gasteiger partial charge is 0.109 e. The van der Waals surface area contributed by atoms with Crippen molar-refractivity contribution in [1.82, 2.24) is 9.55 Å². The van der Waals surface area contributed by atoms with E-state index in [0.29, 0.717) is 16.1 Å². The van der Waals surface area contributed by atoms with Gasteiger partial charge in [0, 0.05) is 29.2 Å². The summed E-state index contributed by atoms with van der Waals surface area (Å²) in [7, 11) is 0. The zero-order valence-corrected chi connectivity index (χ0v) is 16.0. The molecule has 0 aliphatic carbocycles. The minimum atomic E-state index is 0.493. The van der Waals surface area contributed by atoms with Crippen LogP contribution in [0.25, 0.3) is 11.3 Å². The van der Waals surface area contributed by atoms with Crippen molar-refractivity contribution in [2.45, 2.75) is 65.8 Å². The van der Waals surface area contributed by atoms with Crippen LogP contribution in [-0.2, 0) is 12.8 Å². The fourth-order valence-electron chi connectivity index (χ4n) is 3.19. The SMILES string of the molecule is CCCc1cc(Cl)cc(Cl)c1-c1cn(C(CC)CC)c(CC)n1. The third-order valence-electron chi connectivity index (χ3n) is 4.37. The standard InChI is InChI=1S/C19H26Cl2N2/c1-5-9-13-10-14(20)11-16(21)19(13)17-12-23(15(6-2)7-3)18(8-4)22-17/h10-12,15H,5-9H2,1-4H3. The monoisotopic (exact) mass is 352 g/mol. The Bertz CT molecular complexity index is 658. The molecule has 0 N–H and O–H groups in total. The van der Waals surface area contributed by atoms with Gasteiger partial charge in [0.25, 0.3) is 0 Å². The molecule has 1 heterocycles. The quantitative estimate of drug-likeness (QED) is 0.539. The number of imidazole rings is 1. The highest BCUT2D eigenvalue weighted by Gasteiger charge is 2.18. The lowest BCUT2D eigenvalue weighted by molar-refractivity contribution is 0.456. The molecule has 23 heavy (non-hydrogen) atoms. The van der Waals surface area contributed by atoms with E-state index in [1.54, 1.807) is 0 Å². The number of hydrogen-bond donors (Lipinski definition) is 0. The highest BCUT2D eigenvalue weighted by atomic mass is 35.5. The van der Waals surface area contributed by atoms with Crippen LogP contribution in [0.15, 0.2) is 18.3 Å². The average molecular weight is 353 g/mol. The Labute approximate surface area is 149 Å². The Morgan fingerprint density at radius 3 is 2.35 bits per heavy atom. The lowest BCUT2D eigenvalue weighted by Gasteiger charge is -2.16. The summed E-state index contributed by atoms with van der Waals surface area (Å²) in [6.07, 6.45) is 7.31. The first-order valence-electron chi connectivity index (χ1n) is 8.61. The van der Waals surface area contributed by atoms with Crippen molar-refractivity contribution < 1.29 is 0 Å². The van der Waals surface area contributed by atoms with E-state index in [2.05, 4.69) is 38.5 Å². The Kier molecular flexibility index (Phi) is 6.55. The summed E-state index contributed by atoms with van der Waals surface area (Å²) in [4.78, 5) is 4.88. The average Bonchev–Trinajstić information content (AvgIpc) is 2.92. The molecular weight excluding hydrogens is 327 g/mol. The third kappa shape index (κ3) is 3.92. The minimum absolute atomic E-state index is 0.493. The summed E-state index contributed by atoms with van der Waals surface area (Å²) in [6.45, 7) is 8.77. The molecule has 126 valence electrons. The predicted octanol–water partition coefficient (Wildman–Crippen LogP) is 6.73. The molecule has 2 aromatic rings. The van der Waals surface area contributed by atoms with Gasteiger partial charge in [0.2, 0.25) is 0 Å². The van der Waals surface area contributed by atoms with Crippen LogP contribution in [0.2, 0.25) is 10.0 Å². The number of hydrogen-bond acceptors (Lipinski definition) is 1. The van der Waals surface area contributed by atoms with Crippen molar-refractivity contribution in [3.8, 4) is 11.3 Å². The molecule has 0 unspecified atom stereocenters. The zero-order valence-electron chi connectivity index (χ0n) is 14.5. The van der Waals surface area contributed by atoms with E-state index in [4.69, 9.17) is 28.2 Å². The molecule has 0 saturated carbocycles. The highest BCUT2D eigenvalue weighted by Crippen LogP contribution is 2.35. The van der Waals surface area contributed by atoms with Crippen molar-refractivity contribution in [3.05, 3.63) is 39.8 Å². The number of aryl methyl sites for hydroxylation is 2. The fraction of sp³-hybridized carbons (Fsp3) is 0.526. The van der Waals surface area contributed by atoms with E-state index in [0.717, 1.165) is 49.2 Å². The van der Waals surface area contributed by atoms with Gasteiger partial charge in [-0.1, -0.05) is 57.3 Å².